The van der Waals surface area contributed by atoms with Crippen LogP contribution in [-0.4, -0.2) is 34.3 Å². The maximum Gasteiger partial charge on any atom is 0.257 e. The van der Waals surface area contributed by atoms with E-state index in [1.54, 1.807) is 54.7 Å². The van der Waals surface area contributed by atoms with E-state index in [2.05, 4.69) is 43.8 Å². The molecule has 1 aliphatic rings. The van der Waals surface area contributed by atoms with Crippen LogP contribution >= 0.6 is 0 Å². The van der Waals surface area contributed by atoms with Gasteiger partial charge in [-0.1, -0.05) is 26.0 Å². The van der Waals surface area contributed by atoms with Gasteiger partial charge in [-0.25, -0.2) is 28.1 Å². The molecule has 1 aliphatic heterocycles. The van der Waals surface area contributed by atoms with Gasteiger partial charge in [0.05, 0.1) is 17.8 Å². The Kier molecular flexibility index (Phi) is 7.12. The predicted molar refractivity (Wildman–Crippen MR) is 143 cm³/mol. The van der Waals surface area contributed by atoms with Crippen LogP contribution in [0.3, 0.4) is 0 Å². The molecule has 0 fully saturated rings. The van der Waals surface area contributed by atoms with Crippen LogP contribution in [0, 0.1) is 0 Å². The zero-order valence-electron chi connectivity index (χ0n) is 21.0. The number of carbonyl (C=O) groups is 1. The fourth-order valence-electron chi connectivity index (χ4n) is 4.05. The molecule has 0 bridgehead atoms. The van der Waals surface area contributed by atoms with Crippen molar-refractivity contribution >= 4 is 27.4 Å². The van der Waals surface area contributed by atoms with Crippen molar-refractivity contribution in [2.75, 3.05) is 10.2 Å². The van der Waals surface area contributed by atoms with Gasteiger partial charge in [0, 0.05) is 55.0 Å². The Morgan fingerprint density at radius 1 is 1.03 bits per heavy atom. The van der Waals surface area contributed by atoms with Gasteiger partial charge in [0.25, 0.3) is 5.91 Å². The molecule has 1 amide bonds. The molecule has 3 aromatic heterocycles. The van der Waals surface area contributed by atoms with Gasteiger partial charge in [-0.15, -0.1) is 0 Å². The topological polar surface area (TPSA) is 130 Å². The van der Waals surface area contributed by atoms with E-state index < -0.39 is 10.0 Å². The highest BCUT2D eigenvalue weighted by Crippen LogP contribution is 2.27. The van der Waals surface area contributed by atoms with Crippen molar-refractivity contribution in [3.8, 4) is 0 Å². The summed E-state index contributed by atoms with van der Waals surface area (Å²) in [5, 5.41) is 2.80. The number of carbonyl (C=O) groups excluding carboxylic acids is 1. The van der Waals surface area contributed by atoms with E-state index in [9.17, 15) is 13.2 Å². The van der Waals surface area contributed by atoms with Crippen molar-refractivity contribution in [2.24, 2.45) is 0 Å². The summed E-state index contributed by atoms with van der Waals surface area (Å²) in [5.41, 5.74) is 3.70. The Labute approximate surface area is 221 Å². The number of sulfonamides is 1. The minimum atomic E-state index is -3.80. The summed E-state index contributed by atoms with van der Waals surface area (Å²) in [7, 11) is -3.80. The molecule has 2 N–H and O–H groups in total. The molecule has 0 saturated heterocycles. The average Bonchev–Trinajstić information content (AvgIpc) is 3.36. The summed E-state index contributed by atoms with van der Waals surface area (Å²) in [4.78, 5) is 31.9. The third-order valence-corrected chi connectivity index (χ3v) is 7.51. The molecule has 0 unspecified atom stereocenters. The van der Waals surface area contributed by atoms with Crippen LogP contribution in [-0.2, 0) is 29.7 Å². The van der Waals surface area contributed by atoms with E-state index in [-0.39, 0.29) is 23.3 Å². The van der Waals surface area contributed by atoms with Crippen LogP contribution in [0.2, 0.25) is 0 Å². The number of nitrogens with one attached hydrogen (secondary N) is 2. The minimum absolute atomic E-state index is 0.0545. The van der Waals surface area contributed by atoms with Crippen LogP contribution < -0.4 is 14.9 Å². The number of anilines is 2. The monoisotopic (exact) mass is 529 g/mol. The molecule has 0 spiro atoms. The number of amides is 1. The first-order valence-corrected chi connectivity index (χ1v) is 13.6. The molecule has 0 radical (unpaired) electrons. The van der Waals surface area contributed by atoms with Crippen molar-refractivity contribution in [1.82, 2.24) is 24.7 Å². The lowest BCUT2D eigenvalue weighted by atomic mass is 10.2. The quantitative estimate of drug-likeness (QED) is 0.354. The number of hydrogen-bond donors (Lipinski definition) is 2. The summed E-state index contributed by atoms with van der Waals surface area (Å²) < 4.78 is 28.4. The lowest BCUT2D eigenvalue weighted by Crippen LogP contribution is -2.24. The molecule has 4 heterocycles. The second-order valence-corrected chi connectivity index (χ2v) is 11.1. The lowest BCUT2D eigenvalue weighted by Gasteiger charge is -2.16. The van der Waals surface area contributed by atoms with E-state index in [1.807, 2.05) is 11.1 Å². The molecule has 10 nitrogen and oxygen atoms in total. The Balaban J connectivity index is 1.21. The zero-order valence-corrected chi connectivity index (χ0v) is 21.8. The number of benzene rings is 1. The van der Waals surface area contributed by atoms with Crippen LogP contribution in [0.25, 0.3) is 0 Å². The van der Waals surface area contributed by atoms with Gasteiger partial charge in [0.1, 0.15) is 16.5 Å². The minimum Gasteiger partial charge on any atom is -0.346 e. The number of pyridine rings is 2. The first kappa shape index (κ1) is 25.4. The Morgan fingerprint density at radius 2 is 1.89 bits per heavy atom. The van der Waals surface area contributed by atoms with E-state index >= 15 is 0 Å². The lowest BCUT2D eigenvalue weighted by molar-refractivity contribution is 0.102. The number of rotatable bonds is 8. The molecular weight excluding hydrogens is 502 g/mol. The molecule has 11 heteroatoms. The molecule has 0 atom stereocenters. The molecular formula is C27H27N7O3S. The SMILES string of the molecule is CC(C)c1ncc2c(n1)CN(c1ccc(S(=O)(=O)NCc3cccc(NC(=O)c4cccnc4)c3)cn1)C2. The fourth-order valence-corrected chi connectivity index (χ4v) is 5.01. The smallest absolute Gasteiger partial charge is 0.257 e. The summed E-state index contributed by atoms with van der Waals surface area (Å²) in [6.07, 6.45) is 6.29. The van der Waals surface area contributed by atoms with Gasteiger partial charge in [0.15, 0.2) is 0 Å². The van der Waals surface area contributed by atoms with Crippen LogP contribution in [0.5, 0.6) is 0 Å². The number of nitrogens with zero attached hydrogens (tertiary/aromatic N) is 5. The molecule has 0 saturated carbocycles. The average molecular weight is 530 g/mol. The zero-order chi connectivity index (χ0) is 26.7. The maximum absolute atomic E-state index is 12.9. The van der Waals surface area contributed by atoms with E-state index in [0.29, 0.717) is 35.7 Å². The Morgan fingerprint density at radius 3 is 2.63 bits per heavy atom. The van der Waals surface area contributed by atoms with Crippen molar-refractivity contribution in [2.45, 2.75) is 44.3 Å². The Bertz CT molecular complexity index is 1560. The molecule has 38 heavy (non-hydrogen) atoms. The van der Waals surface area contributed by atoms with E-state index in [4.69, 9.17) is 0 Å². The van der Waals surface area contributed by atoms with Crippen LogP contribution in [0.15, 0.2) is 78.2 Å². The van der Waals surface area contributed by atoms with Gasteiger partial charge in [0.2, 0.25) is 10.0 Å². The second kappa shape index (κ2) is 10.6. The highest BCUT2D eigenvalue weighted by Gasteiger charge is 2.24. The van der Waals surface area contributed by atoms with Crippen molar-refractivity contribution < 1.29 is 13.2 Å². The van der Waals surface area contributed by atoms with E-state index in [1.165, 1.54) is 12.4 Å². The van der Waals surface area contributed by atoms with Crippen molar-refractivity contribution in [3.05, 3.63) is 102 Å². The van der Waals surface area contributed by atoms with Crippen molar-refractivity contribution in [3.63, 3.8) is 0 Å². The fraction of sp³-hybridized carbons (Fsp3) is 0.222. The molecule has 0 aliphatic carbocycles. The molecule has 4 aromatic rings. The first-order chi connectivity index (χ1) is 18.3. The van der Waals surface area contributed by atoms with Crippen LogP contribution in [0.4, 0.5) is 11.5 Å². The number of hydrogen-bond acceptors (Lipinski definition) is 8. The second-order valence-electron chi connectivity index (χ2n) is 9.28. The summed E-state index contributed by atoms with van der Waals surface area (Å²) in [6, 6.07) is 13.6. The summed E-state index contributed by atoms with van der Waals surface area (Å²) in [6.45, 7) is 5.39. The third-order valence-electron chi connectivity index (χ3n) is 6.12. The molecule has 194 valence electrons. The highest BCUT2D eigenvalue weighted by molar-refractivity contribution is 7.89. The van der Waals surface area contributed by atoms with Gasteiger partial charge in [-0.2, -0.15) is 0 Å². The van der Waals surface area contributed by atoms with Gasteiger partial charge in [-0.3, -0.25) is 9.78 Å². The number of fused-ring (bicyclic) bond motifs is 1. The normalized spacial score (nSPS) is 13.0. The highest BCUT2D eigenvalue weighted by atomic mass is 32.2. The predicted octanol–water partition coefficient (Wildman–Crippen LogP) is 3.64. The largest absolute Gasteiger partial charge is 0.346 e. The van der Waals surface area contributed by atoms with Gasteiger partial charge >= 0.3 is 0 Å². The summed E-state index contributed by atoms with van der Waals surface area (Å²) in [5.74, 6) is 1.44. The van der Waals surface area contributed by atoms with Gasteiger partial charge < -0.3 is 10.2 Å². The standard InChI is InChI=1S/C27H27N7O3S/c1-18(2)26-30-14-21-16-34(17-24(21)33-26)25-9-8-23(15-29-25)38(36,37)31-12-19-5-3-7-22(11-19)32-27(35)20-6-4-10-28-13-20/h3-11,13-15,18,31H,12,16-17H2,1-2H3,(H,32,35). The maximum atomic E-state index is 12.9. The first-order valence-electron chi connectivity index (χ1n) is 12.1. The van der Waals surface area contributed by atoms with E-state index in [0.717, 1.165) is 17.1 Å². The molecule has 1 aromatic carbocycles. The van der Waals surface area contributed by atoms with Crippen molar-refractivity contribution in [1.29, 1.82) is 0 Å². The van der Waals surface area contributed by atoms with Gasteiger partial charge in [-0.05, 0) is 42.0 Å². The van der Waals surface area contributed by atoms with Crippen LogP contribution in [0.1, 0.15) is 52.8 Å². The summed E-state index contributed by atoms with van der Waals surface area (Å²) >= 11 is 0. The third kappa shape index (κ3) is 5.68. The number of aromatic nitrogens is 4. The Hall–Kier alpha value is -4.22. The molecule has 5 rings (SSSR count).